The third kappa shape index (κ3) is 4.20. The largest absolute Gasteiger partial charge is 0.497 e. The number of methoxy groups -OCH3 is 1. The number of nitro benzene ring substituents is 1. The summed E-state index contributed by atoms with van der Waals surface area (Å²) >= 11 is 0. The normalized spacial score (nSPS) is 14.3. The zero-order valence-corrected chi connectivity index (χ0v) is 18.6. The summed E-state index contributed by atoms with van der Waals surface area (Å²) in [6.45, 7) is 0. The molecule has 1 aliphatic rings. The molecule has 3 aromatic carbocycles. The Kier molecular flexibility index (Phi) is 5.68. The average molecular weight is 465 g/mol. The van der Waals surface area contributed by atoms with Gasteiger partial charge in [0.1, 0.15) is 23.0 Å². The quantitative estimate of drug-likeness (QED) is 0.207. The van der Waals surface area contributed by atoms with Gasteiger partial charge in [0.05, 0.1) is 34.9 Å². The van der Waals surface area contributed by atoms with Crippen LogP contribution in [0.4, 0.5) is 11.4 Å². The Morgan fingerprint density at radius 2 is 1.69 bits per heavy atom. The molecule has 0 aliphatic carbocycles. The van der Waals surface area contributed by atoms with Gasteiger partial charge < -0.3 is 9.15 Å². The van der Waals surface area contributed by atoms with Gasteiger partial charge in [-0.3, -0.25) is 14.9 Å². The van der Waals surface area contributed by atoms with Crippen molar-refractivity contribution < 1.29 is 18.9 Å². The van der Waals surface area contributed by atoms with E-state index in [0.717, 1.165) is 5.56 Å². The Hall–Kier alpha value is -4.98. The van der Waals surface area contributed by atoms with E-state index in [2.05, 4.69) is 5.10 Å². The lowest BCUT2D eigenvalue weighted by atomic mass is 10.0. The van der Waals surface area contributed by atoms with Crippen LogP contribution in [0.25, 0.3) is 17.4 Å². The topological polar surface area (TPSA) is 98.2 Å². The fourth-order valence-corrected chi connectivity index (χ4v) is 3.81. The molecule has 1 amide bonds. The van der Waals surface area contributed by atoms with E-state index in [-0.39, 0.29) is 11.6 Å². The lowest BCUT2D eigenvalue weighted by molar-refractivity contribution is -0.384. The van der Waals surface area contributed by atoms with E-state index < -0.39 is 4.92 Å². The van der Waals surface area contributed by atoms with Crippen LogP contribution in [0.15, 0.2) is 106 Å². The first kappa shape index (κ1) is 21.8. The van der Waals surface area contributed by atoms with Gasteiger partial charge in [-0.25, -0.2) is 0 Å². The fourth-order valence-electron chi connectivity index (χ4n) is 3.81. The number of amides is 1. The molecule has 5 rings (SSSR count). The van der Waals surface area contributed by atoms with Gasteiger partial charge in [0.15, 0.2) is 0 Å². The summed E-state index contributed by atoms with van der Waals surface area (Å²) in [5.41, 5.74) is 2.45. The number of ether oxygens (including phenoxy) is 1. The number of nitrogens with zero attached hydrogens (tertiary/aromatic N) is 3. The summed E-state index contributed by atoms with van der Waals surface area (Å²) in [5, 5.41) is 17.5. The Labute approximate surface area is 200 Å². The minimum atomic E-state index is -0.489. The van der Waals surface area contributed by atoms with Crippen LogP contribution in [0.2, 0.25) is 0 Å². The number of furan rings is 1. The van der Waals surface area contributed by atoms with E-state index in [1.807, 2.05) is 48.5 Å². The molecule has 0 radical (unpaired) electrons. The summed E-state index contributed by atoms with van der Waals surface area (Å²) in [6, 6.07) is 26.4. The first-order valence-corrected chi connectivity index (χ1v) is 10.7. The molecular weight excluding hydrogens is 446 g/mol. The van der Waals surface area contributed by atoms with Crippen LogP contribution in [-0.4, -0.2) is 23.7 Å². The predicted molar refractivity (Wildman–Crippen MR) is 132 cm³/mol. The minimum absolute atomic E-state index is 0.142. The number of anilines is 1. The highest BCUT2D eigenvalue weighted by Crippen LogP contribution is 2.35. The Morgan fingerprint density at radius 3 is 2.37 bits per heavy atom. The third-order valence-corrected chi connectivity index (χ3v) is 5.51. The summed E-state index contributed by atoms with van der Waals surface area (Å²) in [6.07, 6.45) is 1.61. The van der Waals surface area contributed by atoms with Crippen molar-refractivity contribution in [3.63, 3.8) is 0 Å². The highest BCUT2D eigenvalue weighted by molar-refractivity contribution is 6.37. The van der Waals surface area contributed by atoms with Crippen LogP contribution in [0.3, 0.4) is 0 Å². The summed E-state index contributed by atoms with van der Waals surface area (Å²) in [5.74, 6) is 0.737. The Bertz CT molecular complexity index is 1470. The molecule has 172 valence electrons. The van der Waals surface area contributed by atoms with Crippen LogP contribution >= 0.6 is 0 Å². The van der Waals surface area contributed by atoms with Crippen molar-refractivity contribution in [2.75, 3.05) is 12.1 Å². The molecule has 8 nitrogen and oxygen atoms in total. The molecule has 0 atom stereocenters. The Morgan fingerprint density at radius 1 is 0.971 bits per heavy atom. The van der Waals surface area contributed by atoms with Gasteiger partial charge in [-0.05, 0) is 42.5 Å². The molecule has 4 aromatic rings. The van der Waals surface area contributed by atoms with E-state index in [0.29, 0.717) is 39.8 Å². The highest BCUT2D eigenvalue weighted by Gasteiger charge is 2.32. The molecule has 1 aromatic heterocycles. The van der Waals surface area contributed by atoms with Crippen LogP contribution in [0.1, 0.15) is 11.3 Å². The van der Waals surface area contributed by atoms with Crippen molar-refractivity contribution in [3.05, 3.63) is 118 Å². The molecule has 35 heavy (non-hydrogen) atoms. The minimum Gasteiger partial charge on any atom is -0.497 e. The summed E-state index contributed by atoms with van der Waals surface area (Å²) in [4.78, 5) is 24.5. The monoisotopic (exact) mass is 465 g/mol. The number of para-hydroxylation sites is 1. The van der Waals surface area contributed by atoms with Gasteiger partial charge in [-0.2, -0.15) is 10.1 Å². The van der Waals surface area contributed by atoms with Crippen molar-refractivity contribution in [1.29, 1.82) is 0 Å². The maximum absolute atomic E-state index is 13.4. The predicted octanol–water partition coefficient (Wildman–Crippen LogP) is 5.70. The van der Waals surface area contributed by atoms with Gasteiger partial charge in [0.25, 0.3) is 11.6 Å². The third-order valence-electron chi connectivity index (χ3n) is 5.51. The number of benzene rings is 3. The number of carbonyl (C=O) groups excluding carboxylic acids is 1. The lowest BCUT2D eigenvalue weighted by Crippen LogP contribution is -2.21. The van der Waals surface area contributed by atoms with Gasteiger partial charge in [-0.15, -0.1) is 0 Å². The molecule has 8 heteroatoms. The van der Waals surface area contributed by atoms with Crippen molar-refractivity contribution in [2.24, 2.45) is 5.10 Å². The SMILES string of the molecule is COc1ccc(-c2ccc(/C=C3\C(=O)N(c4ccccc4)N=C3c3ccccc3)o2)c([N+](=O)[O-])c1. The second kappa shape index (κ2) is 9.11. The highest BCUT2D eigenvalue weighted by atomic mass is 16.6. The van der Waals surface area contributed by atoms with Crippen molar-refractivity contribution >= 4 is 29.1 Å². The second-order valence-electron chi connectivity index (χ2n) is 7.67. The maximum Gasteiger partial charge on any atom is 0.284 e. The average Bonchev–Trinajstić information content (AvgIpc) is 3.49. The first-order valence-electron chi connectivity index (χ1n) is 10.7. The van der Waals surface area contributed by atoms with Crippen molar-refractivity contribution in [2.45, 2.75) is 0 Å². The zero-order valence-electron chi connectivity index (χ0n) is 18.6. The summed E-state index contributed by atoms with van der Waals surface area (Å²) in [7, 11) is 1.44. The molecule has 0 N–H and O–H groups in total. The smallest absolute Gasteiger partial charge is 0.284 e. The van der Waals surface area contributed by atoms with E-state index in [4.69, 9.17) is 9.15 Å². The fraction of sp³-hybridized carbons (Fsp3) is 0.0370. The Balaban J connectivity index is 1.56. The van der Waals surface area contributed by atoms with Crippen LogP contribution in [0, 0.1) is 10.1 Å². The molecule has 0 bridgehead atoms. The number of rotatable bonds is 6. The molecule has 0 saturated heterocycles. The number of hydrazone groups is 1. The number of hydrogen-bond acceptors (Lipinski definition) is 6. The van der Waals surface area contributed by atoms with E-state index in [9.17, 15) is 14.9 Å². The zero-order chi connectivity index (χ0) is 24.4. The molecule has 2 heterocycles. The number of hydrogen-bond donors (Lipinski definition) is 0. The molecule has 0 spiro atoms. The number of nitro groups is 1. The lowest BCUT2D eigenvalue weighted by Gasteiger charge is -2.10. The molecule has 0 fully saturated rings. The standard InChI is InChI=1S/C27H19N3O5/c1-34-20-12-14-22(24(17-20)30(32)33)25-15-13-21(35-25)16-23-26(18-8-4-2-5-9-18)28-29(27(23)31)19-10-6-3-7-11-19/h2-17H,1H3/b23-16-. The molecule has 1 aliphatic heterocycles. The van der Waals surface area contributed by atoms with Gasteiger partial charge >= 0.3 is 0 Å². The second-order valence-corrected chi connectivity index (χ2v) is 7.67. The van der Waals surface area contributed by atoms with Crippen LogP contribution in [0.5, 0.6) is 5.75 Å². The maximum atomic E-state index is 13.4. The van der Waals surface area contributed by atoms with E-state index >= 15 is 0 Å². The van der Waals surface area contributed by atoms with Crippen LogP contribution in [-0.2, 0) is 4.79 Å². The molecule has 0 unspecified atom stereocenters. The first-order chi connectivity index (χ1) is 17.0. The van der Waals surface area contributed by atoms with Gasteiger partial charge in [-0.1, -0.05) is 48.5 Å². The molecular formula is C27H19N3O5. The van der Waals surface area contributed by atoms with Gasteiger partial charge in [0.2, 0.25) is 0 Å². The summed E-state index contributed by atoms with van der Waals surface area (Å²) < 4.78 is 11.0. The van der Waals surface area contributed by atoms with Crippen molar-refractivity contribution in [3.8, 4) is 17.1 Å². The van der Waals surface area contributed by atoms with E-state index in [1.165, 1.54) is 18.2 Å². The van der Waals surface area contributed by atoms with Crippen LogP contribution < -0.4 is 9.75 Å². The number of carbonyl (C=O) groups is 1. The molecule has 0 saturated carbocycles. The van der Waals surface area contributed by atoms with Gasteiger partial charge in [0, 0.05) is 5.56 Å². The van der Waals surface area contributed by atoms with Crippen molar-refractivity contribution in [1.82, 2.24) is 0 Å². The van der Waals surface area contributed by atoms with E-state index in [1.54, 1.807) is 42.5 Å².